The van der Waals surface area contributed by atoms with Crippen LogP contribution in [0.2, 0.25) is 0 Å². The summed E-state index contributed by atoms with van der Waals surface area (Å²) in [5, 5.41) is 15.1. The monoisotopic (exact) mass is 438 g/mol. The van der Waals surface area contributed by atoms with Crippen molar-refractivity contribution in [3.8, 4) is 23.6 Å². The van der Waals surface area contributed by atoms with Gasteiger partial charge < -0.3 is 24.2 Å². The molecule has 4 rings (SSSR count). The Hall–Kier alpha value is -2.37. The van der Waals surface area contributed by atoms with Gasteiger partial charge in [-0.2, -0.15) is 0 Å². The van der Waals surface area contributed by atoms with Crippen LogP contribution in [-0.2, 0) is 11.3 Å². The van der Waals surface area contributed by atoms with E-state index in [0.717, 1.165) is 55.4 Å². The number of terminal acetylenes is 1. The Kier molecular flexibility index (Phi) is 7.82. The molecule has 0 bridgehead atoms. The summed E-state index contributed by atoms with van der Waals surface area (Å²) in [6, 6.07) is 10.2. The Balaban J connectivity index is 1.56. The molecule has 1 N–H and O–H groups in total. The first-order chi connectivity index (χ1) is 15.6. The van der Waals surface area contributed by atoms with E-state index in [1.54, 1.807) is 0 Å². The number of nitrogens with zero attached hydrogens (tertiary/aromatic N) is 4. The molecule has 1 saturated carbocycles. The summed E-state index contributed by atoms with van der Waals surface area (Å²) in [6.45, 7) is 6.45. The van der Waals surface area contributed by atoms with Crippen molar-refractivity contribution in [2.45, 2.75) is 25.5 Å². The second kappa shape index (κ2) is 11.0. The maximum atomic E-state index is 10.6. The third-order valence-corrected chi connectivity index (χ3v) is 6.16. The zero-order chi connectivity index (χ0) is 22.3. The van der Waals surface area contributed by atoms with Gasteiger partial charge in [0.2, 0.25) is 5.88 Å². The van der Waals surface area contributed by atoms with Crippen LogP contribution in [0.15, 0.2) is 34.9 Å². The Morgan fingerprint density at radius 3 is 2.69 bits per heavy atom. The van der Waals surface area contributed by atoms with Crippen LogP contribution in [0.3, 0.4) is 0 Å². The highest BCUT2D eigenvalue weighted by Crippen LogP contribution is 2.35. The van der Waals surface area contributed by atoms with Crippen molar-refractivity contribution in [2.24, 2.45) is 5.92 Å². The van der Waals surface area contributed by atoms with Crippen molar-refractivity contribution in [3.63, 3.8) is 0 Å². The van der Waals surface area contributed by atoms with Gasteiger partial charge in [-0.15, -0.1) is 6.42 Å². The number of rotatable bonds is 11. The van der Waals surface area contributed by atoms with Gasteiger partial charge in [-0.1, -0.05) is 41.4 Å². The van der Waals surface area contributed by atoms with Crippen LogP contribution in [0.5, 0.6) is 0 Å². The van der Waals surface area contributed by atoms with Crippen molar-refractivity contribution in [2.75, 3.05) is 64.4 Å². The van der Waals surface area contributed by atoms with Gasteiger partial charge in [-0.3, -0.25) is 4.90 Å². The summed E-state index contributed by atoms with van der Waals surface area (Å²) in [6.07, 6.45) is 7.17. The fourth-order valence-corrected chi connectivity index (χ4v) is 4.22. The van der Waals surface area contributed by atoms with Crippen LogP contribution >= 0.6 is 0 Å². The SMILES string of the molecule is C#CCOCC(O)CN(Cc1c(-c2ccccc2)noc1N1CCN(C)CC1)CC1CC1. The lowest BCUT2D eigenvalue weighted by molar-refractivity contribution is 0.0251. The van der Waals surface area contributed by atoms with Crippen molar-refractivity contribution < 1.29 is 14.4 Å². The Morgan fingerprint density at radius 2 is 2.00 bits per heavy atom. The zero-order valence-electron chi connectivity index (χ0n) is 18.9. The fourth-order valence-electron chi connectivity index (χ4n) is 4.22. The Morgan fingerprint density at radius 1 is 1.25 bits per heavy atom. The van der Waals surface area contributed by atoms with Gasteiger partial charge >= 0.3 is 0 Å². The molecule has 1 aliphatic carbocycles. The van der Waals surface area contributed by atoms with E-state index in [2.05, 4.69) is 45.0 Å². The van der Waals surface area contributed by atoms with Crippen molar-refractivity contribution in [1.82, 2.24) is 15.0 Å². The molecule has 0 amide bonds. The summed E-state index contributed by atoms with van der Waals surface area (Å²) in [7, 11) is 2.15. The van der Waals surface area contributed by atoms with E-state index >= 15 is 0 Å². The molecule has 1 saturated heterocycles. The van der Waals surface area contributed by atoms with Crippen LogP contribution in [0.1, 0.15) is 18.4 Å². The Bertz CT molecular complexity index is 882. The summed E-state index contributed by atoms with van der Waals surface area (Å²) in [5.74, 6) is 4.00. The van der Waals surface area contributed by atoms with Gasteiger partial charge in [-0.25, -0.2) is 0 Å². The van der Waals surface area contributed by atoms with Crippen LogP contribution in [0.4, 0.5) is 5.88 Å². The highest BCUT2D eigenvalue weighted by molar-refractivity contribution is 5.68. The van der Waals surface area contributed by atoms with E-state index in [1.165, 1.54) is 12.8 Å². The summed E-state index contributed by atoms with van der Waals surface area (Å²) in [5.41, 5.74) is 3.03. The topological polar surface area (TPSA) is 65.2 Å². The second-order valence-electron chi connectivity index (χ2n) is 8.98. The molecule has 1 unspecified atom stereocenters. The minimum atomic E-state index is -0.589. The predicted molar refractivity (Wildman–Crippen MR) is 125 cm³/mol. The highest BCUT2D eigenvalue weighted by Gasteiger charge is 2.30. The molecular weight excluding hydrogens is 404 g/mol. The van der Waals surface area contributed by atoms with Gasteiger partial charge in [0, 0.05) is 51.4 Å². The number of aromatic nitrogens is 1. The van der Waals surface area contributed by atoms with E-state index in [9.17, 15) is 5.11 Å². The molecule has 0 radical (unpaired) electrons. The number of hydrogen-bond acceptors (Lipinski definition) is 7. The molecule has 1 aromatic heterocycles. The molecule has 2 aromatic rings. The van der Waals surface area contributed by atoms with Gasteiger partial charge in [0.25, 0.3) is 0 Å². The zero-order valence-corrected chi connectivity index (χ0v) is 18.9. The molecule has 2 fully saturated rings. The lowest BCUT2D eigenvalue weighted by atomic mass is 10.1. The summed E-state index contributed by atoms with van der Waals surface area (Å²) >= 11 is 0. The lowest BCUT2D eigenvalue weighted by Gasteiger charge is -2.33. The summed E-state index contributed by atoms with van der Waals surface area (Å²) < 4.78 is 11.3. The first-order valence-corrected chi connectivity index (χ1v) is 11.5. The molecule has 0 spiro atoms. The third kappa shape index (κ3) is 6.11. The molecule has 1 aromatic carbocycles. The third-order valence-electron chi connectivity index (χ3n) is 6.16. The number of hydrogen-bond donors (Lipinski definition) is 1. The van der Waals surface area contributed by atoms with Crippen LogP contribution < -0.4 is 4.90 Å². The number of aliphatic hydroxyl groups is 1. The minimum absolute atomic E-state index is 0.219. The Labute approximate surface area is 190 Å². The van der Waals surface area contributed by atoms with Crippen molar-refractivity contribution >= 4 is 5.88 Å². The van der Waals surface area contributed by atoms with Crippen molar-refractivity contribution in [3.05, 3.63) is 35.9 Å². The average Bonchev–Trinajstić information content (AvgIpc) is 3.52. The number of likely N-dealkylation sites (N-methyl/N-ethyl adjacent to an activating group) is 1. The van der Waals surface area contributed by atoms with Gasteiger partial charge in [-0.05, 0) is 25.8 Å². The number of piperazine rings is 1. The maximum Gasteiger partial charge on any atom is 0.232 e. The van der Waals surface area contributed by atoms with E-state index in [1.807, 2.05) is 18.2 Å². The first-order valence-electron chi connectivity index (χ1n) is 11.5. The van der Waals surface area contributed by atoms with Gasteiger partial charge in [0.05, 0.1) is 18.3 Å². The largest absolute Gasteiger partial charge is 0.389 e. The van der Waals surface area contributed by atoms with E-state index in [4.69, 9.17) is 15.7 Å². The van der Waals surface area contributed by atoms with E-state index < -0.39 is 6.10 Å². The van der Waals surface area contributed by atoms with Crippen LogP contribution in [0.25, 0.3) is 11.3 Å². The maximum absolute atomic E-state index is 10.6. The van der Waals surface area contributed by atoms with E-state index in [0.29, 0.717) is 19.0 Å². The normalized spacial score (nSPS) is 18.1. The number of aliphatic hydroxyl groups excluding tert-OH is 1. The average molecular weight is 439 g/mol. The van der Waals surface area contributed by atoms with Crippen LogP contribution in [0, 0.1) is 18.3 Å². The molecular formula is C25H34N4O3. The molecule has 7 nitrogen and oxygen atoms in total. The molecule has 32 heavy (non-hydrogen) atoms. The summed E-state index contributed by atoms with van der Waals surface area (Å²) in [4.78, 5) is 6.95. The smallest absolute Gasteiger partial charge is 0.232 e. The lowest BCUT2D eigenvalue weighted by Crippen LogP contribution is -2.45. The minimum Gasteiger partial charge on any atom is -0.389 e. The number of anilines is 1. The van der Waals surface area contributed by atoms with Crippen LogP contribution in [-0.4, -0.2) is 85.7 Å². The quantitative estimate of drug-likeness (QED) is 0.427. The molecule has 2 aliphatic rings. The molecule has 172 valence electrons. The van der Waals surface area contributed by atoms with Gasteiger partial charge in [0.1, 0.15) is 12.3 Å². The van der Waals surface area contributed by atoms with E-state index in [-0.39, 0.29) is 13.2 Å². The molecule has 1 aliphatic heterocycles. The number of ether oxygens (including phenoxy) is 1. The molecule has 1 atom stereocenters. The van der Waals surface area contributed by atoms with Crippen molar-refractivity contribution in [1.29, 1.82) is 0 Å². The fraction of sp³-hybridized carbons (Fsp3) is 0.560. The number of benzene rings is 1. The van der Waals surface area contributed by atoms with Gasteiger partial charge in [0.15, 0.2) is 0 Å². The predicted octanol–water partition coefficient (Wildman–Crippen LogP) is 2.32. The molecule has 2 heterocycles. The first kappa shape index (κ1) is 22.8. The second-order valence-corrected chi connectivity index (χ2v) is 8.98. The standard InChI is InChI=1S/C25H34N4O3/c1-3-15-31-19-22(30)17-28(16-20-9-10-20)18-23-24(21-7-5-4-6-8-21)26-32-25(23)29-13-11-27(2)12-14-29/h1,4-8,20,22,30H,9-19H2,2H3. The highest BCUT2D eigenvalue weighted by atomic mass is 16.5. The molecule has 7 heteroatoms.